The van der Waals surface area contributed by atoms with E-state index in [0.717, 1.165) is 34.9 Å². The molecular weight excluding hydrogens is 352 g/mol. The van der Waals surface area contributed by atoms with Crippen molar-refractivity contribution in [2.24, 2.45) is 0 Å². The highest BCUT2D eigenvalue weighted by atomic mass is 32.2. The van der Waals surface area contributed by atoms with Crippen molar-refractivity contribution in [3.8, 4) is 0 Å². The van der Waals surface area contributed by atoms with Crippen LogP contribution in [-0.4, -0.2) is 43.7 Å². The van der Waals surface area contributed by atoms with Gasteiger partial charge in [0.1, 0.15) is 10.1 Å². The van der Waals surface area contributed by atoms with Gasteiger partial charge >= 0.3 is 0 Å². The summed E-state index contributed by atoms with van der Waals surface area (Å²) in [4.78, 5) is 12.5. The van der Waals surface area contributed by atoms with Crippen LogP contribution < -0.4 is 9.80 Å². The fourth-order valence-electron chi connectivity index (χ4n) is 2.75. The van der Waals surface area contributed by atoms with Crippen molar-refractivity contribution in [2.75, 3.05) is 25.7 Å². The third-order valence-corrected chi connectivity index (χ3v) is 4.95. The molecule has 3 aromatic rings. The highest BCUT2D eigenvalue weighted by Gasteiger charge is 2.29. The first kappa shape index (κ1) is 18.2. The van der Waals surface area contributed by atoms with Crippen LogP contribution in [0.4, 0.5) is 11.6 Å². The molecule has 0 saturated heterocycles. The minimum absolute atomic E-state index is 0.178. The van der Waals surface area contributed by atoms with Gasteiger partial charge in [0.05, 0.1) is 23.0 Å². The SMILES string of the molecule is CN1C[NH+](C)c2nc3ccccc3nc21.Cc1ccc(S(=O)(=O)[O-])cc1. The average molecular weight is 372 g/mol. The molecule has 1 aliphatic heterocycles. The zero-order chi connectivity index (χ0) is 18.9. The molecule has 2 aromatic carbocycles. The molecule has 1 aromatic heterocycles. The summed E-state index contributed by atoms with van der Waals surface area (Å²) in [7, 11) is -0.0984. The normalized spacial score (nSPS) is 16.2. The Kier molecular flexibility index (Phi) is 4.90. The van der Waals surface area contributed by atoms with Gasteiger partial charge in [0, 0.05) is 7.05 Å². The summed E-state index contributed by atoms with van der Waals surface area (Å²) in [5.74, 6) is 2.06. The summed E-state index contributed by atoms with van der Waals surface area (Å²) >= 11 is 0. The summed E-state index contributed by atoms with van der Waals surface area (Å²) in [6.07, 6.45) is 0. The van der Waals surface area contributed by atoms with Gasteiger partial charge in [-0.15, -0.1) is 0 Å². The molecule has 1 atom stereocenters. The third-order valence-electron chi connectivity index (χ3n) is 4.10. The number of aromatic nitrogens is 2. The lowest BCUT2D eigenvalue weighted by Crippen LogP contribution is -3.03. The Morgan fingerprint density at radius 3 is 2.19 bits per heavy atom. The van der Waals surface area contributed by atoms with Crippen LogP contribution in [0.3, 0.4) is 0 Å². The topological polar surface area (TPSA) is 90.7 Å². The second-order valence-corrected chi connectivity index (χ2v) is 7.67. The van der Waals surface area contributed by atoms with Crippen molar-refractivity contribution in [2.45, 2.75) is 11.8 Å². The van der Waals surface area contributed by atoms with Crippen molar-refractivity contribution in [1.29, 1.82) is 0 Å². The number of quaternary nitrogens is 1. The zero-order valence-corrected chi connectivity index (χ0v) is 15.6. The number of aryl methyl sites for hydroxylation is 1. The first-order chi connectivity index (χ1) is 12.3. The van der Waals surface area contributed by atoms with Crippen LogP contribution in [0.15, 0.2) is 53.4 Å². The quantitative estimate of drug-likeness (QED) is 0.643. The van der Waals surface area contributed by atoms with E-state index in [1.54, 1.807) is 12.1 Å². The molecule has 0 aliphatic carbocycles. The number of hydrogen-bond acceptors (Lipinski definition) is 6. The molecule has 26 heavy (non-hydrogen) atoms. The first-order valence-corrected chi connectivity index (χ1v) is 9.50. The van der Waals surface area contributed by atoms with Crippen molar-refractivity contribution in [3.63, 3.8) is 0 Å². The summed E-state index contributed by atoms with van der Waals surface area (Å²) in [5, 5.41) is 0. The third kappa shape index (κ3) is 3.82. The van der Waals surface area contributed by atoms with E-state index in [9.17, 15) is 13.0 Å². The minimum atomic E-state index is -4.27. The monoisotopic (exact) mass is 372 g/mol. The lowest BCUT2D eigenvalue weighted by atomic mass is 10.2. The molecule has 0 saturated carbocycles. The van der Waals surface area contributed by atoms with E-state index in [0.29, 0.717) is 0 Å². The summed E-state index contributed by atoms with van der Waals surface area (Å²) in [6, 6.07) is 13.8. The Hall–Kier alpha value is -2.55. The van der Waals surface area contributed by atoms with Crippen LogP contribution >= 0.6 is 0 Å². The molecule has 0 fully saturated rings. The van der Waals surface area contributed by atoms with Gasteiger partial charge in [-0.3, -0.25) is 4.90 Å². The molecule has 136 valence electrons. The molecule has 2 heterocycles. The molecule has 1 N–H and O–H groups in total. The maximum atomic E-state index is 10.4. The Labute approximate surface area is 152 Å². The predicted molar refractivity (Wildman–Crippen MR) is 98.5 cm³/mol. The Bertz CT molecular complexity index is 989. The van der Waals surface area contributed by atoms with Crippen LogP contribution in [0.5, 0.6) is 0 Å². The van der Waals surface area contributed by atoms with Crippen LogP contribution in [0.1, 0.15) is 5.56 Å². The number of para-hydroxylation sites is 2. The van der Waals surface area contributed by atoms with E-state index in [4.69, 9.17) is 0 Å². The number of hydrogen-bond donors (Lipinski definition) is 1. The summed E-state index contributed by atoms with van der Waals surface area (Å²) in [6.45, 7) is 2.76. The van der Waals surface area contributed by atoms with Gasteiger partial charge in [-0.2, -0.15) is 4.98 Å². The predicted octanol–water partition coefficient (Wildman–Crippen LogP) is 1.08. The molecule has 0 amide bonds. The molecule has 7 nitrogen and oxygen atoms in total. The highest BCUT2D eigenvalue weighted by molar-refractivity contribution is 7.85. The number of anilines is 1. The first-order valence-electron chi connectivity index (χ1n) is 8.09. The van der Waals surface area contributed by atoms with Crippen LogP contribution in [0, 0.1) is 6.92 Å². The van der Waals surface area contributed by atoms with E-state index in [2.05, 4.69) is 29.0 Å². The summed E-state index contributed by atoms with van der Waals surface area (Å²) in [5.41, 5.74) is 2.88. The Balaban J connectivity index is 0.000000160. The molecule has 0 spiro atoms. The summed E-state index contributed by atoms with van der Waals surface area (Å²) < 4.78 is 31.2. The Morgan fingerprint density at radius 2 is 1.62 bits per heavy atom. The van der Waals surface area contributed by atoms with Gasteiger partial charge in [0.15, 0.2) is 6.67 Å². The molecule has 0 bridgehead atoms. The number of nitrogens with zero attached hydrogens (tertiary/aromatic N) is 3. The molecular formula is C18H20N4O3S. The van der Waals surface area contributed by atoms with Gasteiger partial charge in [-0.1, -0.05) is 29.8 Å². The van der Waals surface area contributed by atoms with Crippen LogP contribution in [0.2, 0.25) is 0 Å². The standard InChI is InChI=1S/C11H12N4.C7H8O3S/c1-14-7-15(2)11-10(14)12-8-5-3-4-6-9(8)13-11;1-6-2-4-7(5-3-6)11(8,9)10/h3-6H,7H2,1-2H3;2-5H,1H3,(H,8,9,10). The smallest absolute Gasteiger partial charge is 0.271 e. The molecule has 8 heteroatoms. The number of benzene rings is 2. The van der Waals surface area contributed by atoms with Gasteiger partial charge in [-0.05, 0) is 31.2 Å². The minimum Gasteiger partial charge on any atom is -0.744 e. The van der Waals surface area contributed by atoms with E-state index in [1.165, 1.54) is 17.0 Å². The van der Waals surface area contributed by atoms with Crippen LogP contribution in [0.25, 0.3) is 11.0 Å². The van der Waals surface area contributed by atoms with Crippen molar-refractivity contribution < 1.29 is 17.9 Å². The largest absolute Gasteiger partial charge is 0.744 e. The fraction of sp³-hybridized carbons (Fsp3) is 0.222. The fourth-order valence-corrected chi connectivity index (χ4v) is 3.22. The lowest BCUT2D eigenvalue weighted by Gasteiger charge is -2.05. The van der Waals surface area contributed by atoms with Crippen molar-refractivity contribution in [3.05, 3.63) is 54.1 Å². The number of nitrogens with one attached hydrogen (secondary N) is 1. The Morgan fingerprint density at radius 1 is 1.04 bits per heavy atom. The van der Waals surface area contributed by atoms with Gasteiger partial charge in [0.2, 0.25) is 5.82 Å². The van der Waals surface area contributed by atoms with Gasteiger partial charge < -0.3 is 9.45 Å². The lowest BCUT2D eigenvalue weighted by molar-refractivity contribution is -0.805. The average Bonchev–Trinajstić information content (AvgIpc) is 2.87. The van der Waals surface area contributed by atoms with Crippen molar-refractivity contribution in [1.82, 2.24) is 9.97 Å². The highest BCUT2D eigenvalue weighted by Crippen LogP contribution is 2.23. The number of rotatable bonds is 1. The second kappa shape index (κ2) is 6.99. The maximum Gasteiger partial charge on any atom is 0.271 e. The maximum absolute atomic E-state index is 10.4. The van der Waals surface area contributed by atoms with Crippen molar-refractivity contribution >= 4 is 32.8 Å². The number of fused-ring (bicyclic) bond motifs is 2. The second-order valence-electron chi connectivity index (χ2n) is 6.29. The van der Waals surface area contributed by atoms with E-state index < -0.39 is 10.1 Å². The zero-order valence-electron chi connectivity index (χ0n) is 14.8. The van der Waals surface area contributed by atoms with Gasteiger partial charge in [0.25, 0.3) is 5.82 Å². The van der Waals surface area contributed by atoms with Gasteiger partial charge in [-0.25, -0.2) is 13.4 Å². The van der Waals surface area contributed by atoms with E-state index in [-0.39, 0.29) is 4.90 Å². The van der Waals surface area contributed by atoms with E-state index in [1.807, 2.05) is 31.2 Å². The van der Waals surface area contributed by atoms with Crippen LogP contribution in [-0.2, 0) is 10.1 Å². The molecule has 4 rings (SSSR count). The molecule has 1 aliphatic rings. The van der Waals surface area contributed by atoms with E-state index >= 15 is 0 Å². The molecule has 0 radical (unpaired) electrons. The molecule has 1 unspecified atom stereocenters.